The number of aryl methyl sites for hydroxylation is 1. The van der Waals surface area contributed by atoms with E-state index >= 15 is 0 Å². The molecule has 7 heteroatoms. The number of nitrogen functional groups attached to an aromatic ring is 1. The lowest BCUT2D eigenvalue weighted by Crippen LogP contribution is -2.34. The molecule has 1 fully saturated rings. The zero-order valence-electron chi connectivity index (χ0n) is 15.4. The van der Waals surface area contributed by atoms with Crippen LogP contribution in [0.5, 0.6) is 0 Å². The molecule has 1 saturated heterocycles. The molecule has 136 valence electrons. The van der Waals surface area contributed by atoms with Crippen molar-refractivity contribution in [2.75, 3.05) is 18.8 Å². The van der Waals surface area contributed by atoms with Gasteiger partial charge < -0.3 is 5.73 Å². The number of hydrogen-bond acceptors (Lipinski definition) is 5. The SMILES string of the molecule is C=Cn1ncc(CN2CCCC(c3cc(N)n4nc(C)cc4n3)C2)c1C. The molecule has 3 aromatic heterocycles. The van der Waals surface area contributed by atoms with Crippen molar-refractivity contribution in [1.29, 1.82) is 0 Å². The third-order valence-corrected chi connectivity index (χ3v) is 5.23. The molecular formula is C19H25N7. The summed E-state index contributed by atoms with van der Waals surface area (Å²) >= 11 is 0. The molecule has 2 N–H and O–H groups in total. The van der Waals surface area contributed by atoms with E-state index in [0.29, 0.717) is 11.7 Å². The van der Waals surface area contributed by atoms with E-state index in [4.69, 9.17) is 10.7 Å². The lowest BCUT2D eigenvalue weighted by atomic mass is 9.94. The molecule has 26 heavy (non-hydrogen) atoms. The molecule has 0 aromatic carbocycles. The fourth-order valence-corrected chi connectivity index (χ4v) is 3.82. The third kappa shape index (κ3) is 2.99. The van der Waals surface area contributed by atoms with Crippen LogP contribution in [-0.2, 0) is 6.54 Å². The van der Waals surface area contributed by atoms with E-state index in [1.54, 1.807) is 10.7 Å². The van der Waals surface area contributed by atoms with Crippen LogP contribution in [0.25, 0.3) is 11.8 Å². The van der Waals surface area contributed by atoms with Crippen LogP contribution in [0.15, 0.2) is 24.9 Å². The topological polar surface area (TPSA) is 77.3 Å². The molecule has 1 aliphatic rings. The molecule has 0 bridgehead atoms. The number of anilines is 1. The molecule has 0 spiro atoms. The van der Waals surface area contributed by atoms with E-state index in [1.807, 2.05) is 29.9 Å². The molecule has 0 aliphatic carbocycles. The molecule has 1 unspecified atom stereocenters. The predicted molar refractivity (Wildman–Crippen MR) is 103 cm³/mol. The second-order valence-electron chi connectivity index (χ2n) is 7.12. The molecule has 1 atom stereocenters. The molecule has 1 aliphatic heterocycles. The fourth-order valence-electron chi connectivity index (χ4n) is 3.82. The summed E-state index contributed by atoms with van der Waals surface area (Å²) < 4.78 is 3.54. The number of rotatable bonds is 4. The Hall–Kier alpha value is -2.67. The molecule has 3 aromatic rings. The summed E-state index contributed by atoms with van der Waals surface area (Å²) in [5.41, 5.74) is 11.4. The summed E-state index contributed by atoms with van der Waals surface area (Å²) in [4.78, 5) is 7.30. The fraction of sp³-hybridized carbons (Fsp3) is 0.421. The number of hydrogen-bond donors (Lipinski definition) is 1. The van der Waals surface area contributed by atoms with Gasteiger partial charge in [0.2, 0.25) is 0 Å². The van der Waals surface area contributed by atoms with Crippen molar-refractivity contribution >= 4 is 17.7 Å². The Morgan fingerprint density at radius 3 is 2.96 bits per heavy atom. The van der Waals surface area contributed by atoms with Crippen LogP contribution in [-0.4, -0.2) is 42.4 Å². The van der Waals surface area contributed by atoms with Gasteiger partial charge in [-0.05, 0) is 33.2 Å². The maximum Gasteiger partial charge on any atom is 0.157 e. The summed E-state index contributed by atoms with van der Waals surface area (Å²) in [7, 11) is 0. The van der Waals surface area contributed by atoms with Crippen molar-refractivity contribution in [1.82, 2.24) is 29.3 Å². The predicted octanol–water partition coefficient (Wildman–Crippen LogP) is 2.60. The normalized spacial score (nSPS) is 18.5. The number of fused-ring (bicyclic) bond motifs is 1. The van der Waals surface area contributed by atoms with Crippen LogP contribution in [0.3, 0.4) is 0 Å². The Balaban J connectivity index is 1.54. The van der Waals surface area contributed by atoms with Crippen LogP contribution >= 0.6 is 0 Å². The van der Waals surface area contributed by atoms with Gasteiger partial charge >= 0.3 is 0 Å². The maximum atomic E-state index is 6.20. The Morgan fingerprint density at radius 2 is 2.19 bits per heavy atom. The van der Waals surface area contributed by atoms with Crippen LogP contribution in [0.4, 0.5) is 5.82 Å². The Morgan fingerprint density at radius 1 is 1.35 bits per heavy atom. The number of likely N-dealkylation sites (tertiary alicyclic amines) is 1. The molecule has 0 amide bonds. The van der Waals surface area contributed by atoms with Gasteiger partial charge in [-0.1, -0.05) is 6.58 Å². The average Bonchev–Trinajstić information content (AvgIpc) is 3.18. The Bertz CT molecular complexity index is 952. The highest BCUT2D eigenvalue weighted by Crippen LogP contribution is 2.28. The number of piperidine rings is 1. The highest BCUT2D eigenvalue weighted by Gasteiger charge is 2.24. The van der Waals surface area contributed by atoms with Gasteiger partial charge in [0, 0.05) is 48.6 Å². The van der Waals surface area contributed by atoms with Gasteiger partial charge in [-0.15, -0.1) is 0 Å². The monoisotopic (exact) mass is 351 g/mol. The van der Waals surface area contributed by atoms with Gasteiger partial charge in [-0.3, -0.25) is 4.90 Å². The van der Waals surface area contributed by atoms with Crippen molar-refractivity contribution in [3.8, 4) is 0 Å². The lowest BCUT2D eigenvalue weighted by Gasteiger charge is -2.32. The number of aromatic nitrogens is 5. The first kappa shape index (κ1) is 16.8. The van der Waals surface area contributed by atoms with Crippen LogP contribution in [0.1, 0.15) is 41.4 Å². The van der Waals surface area contributed by atoms with Crippen LogP contribution < -0.4 is 5.73 Å². The lowest BCUT2D eigenvalue weighted by molar-refractivity contribution is 0.198. The van der Waals surface area contributed by atoms with Crippen LogP contribution in [0, 0.1) is 13.8 Å². The van der Waals surface area contributed by atoms with Crippen LogP contribution in [0.2, 0.25) is 0 Å². The van der Waals surface area contributed by atoms with Crippen molar-refractivity contribution in [2.24, 2.45) is 0 Å². The van der Waals surface area contributed by atoms with E-state index in [0.717, 1.165) is 55.2 Å². The summed E-state index contributed by atoms with van der Waals surface area (Å²) in [5.74, 6) is 1.04. The largest absolute Gasteiger partial charge is 0.384 e. The van der Waals surface area contributed by atoms with Crippen molar-refractivity contribution in [3.05, 3.63) is 47.6 Å². The quantitative estimate of drug-likeness (QED) is 0.782. The Labute approximate surface area is 153 Å². The minimum absolute atomic E-state index is 0.390. The van der Waals surface area contributed by atoms with E-state index < -0.39 is 0 Å². The molecular weight excluding hydrogens is 326 g/mol. The first-order valence-corrected chi connectivity index (χ1v) is 9.06. The third-order valence-electron chi connectivity index (χ3n) is 5.23. The van der Waals surface area contributed by atoms with E-state index in [9.17, 15) is 0 Å². The highest BCUT2D eigenvalue weighted by molar-refractivity contribution is 5.48. The Kier molecular flexibility index (Phi) is 4.24. The van der Waals surface area contributed by atoms with Gasteiger partial charge in [0.05, 0.1) is 17.6 Å². The summed E-state index contributed by atoms with van der Waals surface area (Å²) in [6.45, 7) is 10.8. The maximum absolute atomic E-state index is 6.20. The number of nitrogens with two attached hydrogens (primary N) is 1. The second-order valence-corrected chi connectivity index (χ2v) is 7.12. The zero-order chi connectivity index (χ0) is 18.3. The minimum Gasteiger partial charge on any atom is -0.384 e. The van der Waals surface area contributed by atoms with Crippen molar-refractivity contribution in [2.45, 2.75) is 39.2 Å². The van der Waals surface area contributed by atoms with Gasteiger partial charge in [0.1, 0.15) is 5.82 Å². The van der Waals surface area contributed by atoms with E-state index in [1.165, 1.54) is 5.56 Å². The van der Waals surface area contributed by atoms with E-state index in [2.05, 4.69) is 28.6 Å². The zero-order valence-corrected chi connectivity index (χ0v) is 15.4. The molecule has 4 rings (SSSR count). The highest BCUT2D eigenvalue weighted by atomic mass is 15.3. The molecule has 4 heterocycles. The summed E-state index contributed by atoms with van der Waals surface area (Å²) in [6, 6.07) is 3.96. The van der Waals surface area contributed by atoms with Gasteiger partial charge in [-0.25, -0.2) is 9.67 Å². The first-order chi connectivity index (χ1) is 12.5. The van der Waals surface area contributed by atoms with Crippen molar-refractivity contribution < 1.29 is 0 Å². The standard InChI is InChI=1S/C19H25N7/c1-4-25-14(3)16(10-21-25)12-24-7-5-6-15(11-24)17-9-18(20)26-19(22-17)8-13(2)23-26/h4,8-10,15H,1,5-7,11-12,20H2,2-3H3. The molecule has 0 saturated carbocycles. The first-order valence-electron chi connectivity index (χ1n) is 9.06. The van der Waals surface area contributed by atoms with Gasteiger partial charge in [0.25, 0.3) is 0 Å². The molecule has 0 radical (unpaired) electrons. The minimum atomic E-state index is 0.390. The van der Waals surface area contributed by atoms with Gasteiger partial charge in [0.15, 0.2) is 5.65 Å². The second kappa shape index (κ2) is 6.57. The average molecular weight is 351 g/mol. The summed E-state index contributed by atoms with van der Waals surface area (Å²) in [5, 5.41) is 8.75. The van der Waals surface area contributed by atoms with Crippen molar-refractivity contribution in [3.63, 3.8) is 0 Å². The number of nitrogens with zero attached hydrogens (tertiary/aromatic N) is 6. The smallest absolute Gasteiger partial charge is 0.157 e. The molecule has 7 nitrogen and oxygen atoms in total. The summed E-state index contributed by atoms with van der Waals surface area (Å²) in [6.07, 6.45) is 5.98. The van der Waals surface area contributed by atoms with Gasteiger partial charge in [-0.2, -0.15) is 14.7 Å². The van der Waals surface area contributed by atoms with E-state index in [-0.39, 0.29) is 0 Å².